The average Bonchev–Trinajstić information content (AvgIpc) is 3.73. The van der Waals surface area contributed by atoms with Gasteiger partial charge in [0.05, 0.1) is 16.7 Å². The van der Waals surface area contributed by atoms with E-state index in [-0.39, 0.29) is 10.8 Å². The molecule has 2 aromatic heterocycles. The first-order valence-corrected chi connectivity index (χ1v) is 26.4. The summed E-state index contributed by atoms with van der Waals surface area (Å²) in [5, 5.41) is 7.77. The van der Waals surface area contributed by atoms with Gasteiger partial charge in [0.15, 0.2) is 25.5 Å². The summed E-state index contributed by atoms with van der Waals surface area (Å²) in [7, 11) is -2.82. The highest BCUT2D eigenvalue weighted by molar-refractivity contribution is 7.19. The van der Waals surface area contributed by atoms with E-state index in [2.05, 4.69) is 240 Å². The van der Waals surface area contributed by atoms with Gasteiger partial charge in [-0.15, -0.1) is 0 Å². The van der Waals surface area contributed by atoms with Crippen molar-refractivity contribution in [3.8, 4) is 51.0 Å². The second-order valence-electron chi connectivity index (χ2n) is 20.5. The third-order valence-electron chi connectivity index (χ3n) is 13.9. The Bertz CT molecular complexity index is 3420. The third-order valence-corrected chi connectivity index (χ3v) is 18.7. The molecule has 0 saturated heterocycles. The molecule has 0 saturated carbocycles. The Labute approximate surface area is 413 Å². The first-order chi connectivity index (χ1) is 34.0. The quantitative estimate of drug-likeness (QED) is 0.107. The van der Waals surface area contributed by atoms with Crippen LogP contribution in [0, 0.1) is 0 Å². The molecule has 0 amide bonds. The fraction of sp³-hybridized carbons (Fsp3) is 0.123. The number of aromatic nitrogens is 4. The minimum absolute atomic E-state index is 0.0276. The highest BCUT2D eigenvalue weighted by Gasteiger charge is 2.41. The summed E-state index contributed by atoms with van der Waals surface area (Å²) >= 11 is 0. The molecule has 0 fully saturated rings. The van der Waals surface area contributed by atoms with Gasteiger partial charge >= 0.3 is 0 Å². The van der Waals surface area contributed by atoms with E-state index >= 15 is 0 Å². The van der Waals surface area contributed by atoms with Crippen LogP contribution in [0.15, 0.2) is 231 Å². The minimum atomic E-state index is -2.82. The van der Waals surface area contributed by atoms with Crippen LogP contribution in [0.4, 0.5) is 0 Å². The van der Waals surface area contributed by atoms with Crippen LogP contribution in [0.2, 0.25) is 0 Å². The van der Waals surface area contributed by atoms with Crippen molar-refractivity contribution in [1.82, 2.24) is 19.5 Å². The van der Waals surface area contributed by atoms with Crippen molar-refractivity contribution in [2.75, 3.05) is 0 Å². The average molecular weight is 921 g/mol. The lowest BCUT2D eigenvalue weighted by Gasteiger charge is -2.34. The largest absolute Gasteiger partial charge is 0.309 e. The molecular formula is C65H56N4Si. The Morgan fingerprint density at radius 1 is 0.329 bits per heavy atom. The van der Waals surface area contributed by atoms with Crippen LogP contribution in [0.5, 0.6) is 0 Å². The zero-order valence-electron chi connectivity index (χ0n) is 40.7. The Balaban J connectivity index is 1.21. The van der Waals surface area contributed by atoms with Crippen LogP contribution in [0.3, 0.4) is 0 Å². The third kappa shape index (κ3) is 8.06. The van der Waals surface area contributed by atoms with E-state index in [1.54, 1.807) is 0 Å². The molecule has 9 aromatic carbocycles. The van der Waals surface area contributed by atoms with Crippen molar-refractivity contribution < 1.29 is 0 Å². The molecule has 0 unspecified atom stereocenters. The lowest BCUT2D eigenvalue weighted by atomic mass is 9.85. The van der Waals surface area contributed by atoms with E-state index < -0.39 is 8.07 Å². The van der Waals surface area contributed by atoms with Gasteiger partial charge in [-0.1, -0.05) is 236 Å². The molecule has 70 heavy (non-hydrogen) atoms. The lowest BCUT2D eigenvalue weighted by Crippen LogP contribution is -2.74. The second kappa shape index (κ2) is 17.8. The summed E-state index contributed by atoms with van der Waals surface area (Å²) in [5.41, 5.74) is 10.8. The van der Waals surface area contributed by atoms with Crippen LogP contribution in [0.25, 0.3) is 72.8 Å². The number of rotatable bonds is 9. The molecular weight excluding hydrogens is 865 g/mol. The summed E-state index contributed by atoms with van der Waals surface area (Å²) in [4.78, 5) is 15.9. The monoisotopic (exact) mass is 920 g/mol. The number of nitrogens with zero attached hydrogens (tertiary/aromatic N) is 4. The summed E-state index contributed by atoms with van der Waals surface area (Å²) in [6, 6.07) is 84.1. The molecule has 0 atom stereocenters. The maximum absolute atomic E-state index is 5.40. The number of hydrogen-bond acceptors (Lipinski definition) is 3. The molecule has 0 aliphatic rings. The van der Waals surface area contributed by atoms with Gasteiger partial charge in [0.2, 0.25) is 0 Å². The zero-order valence-corrected chi connectivity index (χ0v) is 41.7. The van der Waals surface area contributed by atoms with Crippen molar-refractivity contribution in [3.05, 3.63) is 242 Å². The van der Waals surface area contributed by atoms with E-state index in [0.717, 1.165) is 44.5 Å². The summed E-state index contributed by atoms with van der Waals surface area (Å²) < 4.78 is 2.44. The van der Waals surface area contributed by atoms with Crippen molar-refractivity contribution in [2.24, 2.45) is 0 Å². The summed E-state index contributed by atoms with van der Waals surface area (Å²) in [6.07, 6.45) is 0. The van der Waals surface area contributed by atoms with Gasteiger partial charge in [0, 0.05) is 27.5 Å². The van der Waals surface area contributed by atoms with E-state index in [4.69, 9.17) is 15.0 Å². The van der Waals surface area contributed by atoms with Crippen molar-refractivity contribution >= 4 is 50.6 Å². The molecule has 11 aromatic rings. The molecule has 0 spiro atoms. The molecule has 0 bridgehead atoms. The second-order valence-corrected chi connectivity index (χ2v) is 24.3. The first-order valence-electron chi connectivity index (χ1n) is 24.4. The van der Waals surface area contributed by atoms with Crippen molar-refractivity contribution in [2.45, 2.75) is 52.4 Å². The van der Waals surface area contributed by atoms with Gasteiger partial charge in [-0.3, -0.25) is 0 Å². The van der Waals surface area contributed by atoms with Crippen LogP contribution in [-0.2, 0) is 10.8 Å². The summed E-state index contributed by atoms with van der Waals surface area (Å²) in [5.74, 6) is 1.85. The maximum Gasteiger partial charge on any atom is 0.179 e. The topological polar surface area (TPSA) is 43.6 Å². The molecule has 5 heteroatoms. The molecule has 2 heterocycles. The van der Waals surface area contributed by atoms with Crippen LogP contribution in [-0.4, -0.2) is 27.6 Å². The Morgan fingerprint density at radius 3 is 1.16 bits per heavy atom. The van der Waals surface area contributed by atoms with E-state index in [1.807, 2.05) is 36.4 Å². The van der Waals surface area contributed by atoms with Gasteiger partial charge in [-0.25, -0.2) is 15.0 Å². The Kier molecular flexibility index (Phi) is 11.3. The lowest BCUT2D eigenvalue weighted by molar-refractivity contribution is 0.590. The van der Waals surface area contributed by atoms with Gasteiger partial charge in [-0.2, -0.15) is 0 Å². The minimum Gasteiger partial charge on any atom is -0.309 e. The SMILES string of the molecule is CC(C)(C)c1ccc2c(c1)c1cc(C(C)(C)C)ccc1n2-c1ccc(-c2cccc([Si](c3ccccc3)(c3ccccc3)c3ccccc3)c2)cc1-c1nc(-c2ccccc2)nc(-c2ccccc2)n1. The number of fused-ring (bicyclic) bond motifs is 3. The van der Waals surface area contributed by atoms with Gasteiger partial charge in [-0.05, 0) is 90.2 Å². The Morgan fingerprint density at radius 2 is 0.714 bits per heavy atom. The van der Waals surface area contributed by atoms with Crippen LogP contribution in [0.1, 0.15) is 52.7 Å². The molecule has 11 rings (SSSR count). The highest BCUT2D eigenvalue weighted by Crippen LogP contribution is 2.41. The van der Waals surface area contributed by atoms with Crippen LogP contribution < -0.4 is 20.7 Å². The van der Waals surface area contributed by atoms with Gasteiger partial charge in [0.1, 0.15) is 0 Å². The van der Waals surface area contributed by atoms with Crippen LogP contribution >= 0.6 is 0 Å². The van der Waals surface area contributed by atoms with Crippen molar-refractivity contribution in [3.63, 3.8) is 0 Å². The normalized spacial score (nSPS) is 12.1. The molecule has 4 nitrogen and oxygen atoms in total. The van der Waals surface area contributed by atoms with E-state index in [9.17, 15) is 0 Å². The van der Waals surface area contributed by atoms with E-state index in [1.165, 1.54) is 42.6 Å². The fourth-order valence-corrected chi connectivity index (χ4v) is 15.0. The molecule has 0 N–H and O–H groups in total. The van der Waals surface area contributed by atoms with Crippen molar-refractivity contribution in [1.29, 1.82) is 0 Å². The molecule has 0 aliphatic heterocycles. The Hall–Kier alpha value is -7.99. The number of hydrogen-bond donors (Lipinski definition) is 0. The fourth-order valence-electron chi connectivity index (χ4n) is 10.2. The summed E-state index contributed by atoms with van der Waals surface area (Å²) in [6.45, 7) is 13.8. The molecule has 340 valence electrons. The highest BCUT2D eigenvalue weighted by atomic mass is 28.3. The van der Waals surface area contributed by atoms with Gasteiger partial charge in [0.25, 0.3) is 0 Å². The smallest absolute Gasteiger partial charge is 0.179 e. The zero-order chi connectivity index (χ0) is 48.0. The number of benzene rings is 9. The predicted octanol–water partition coefficient (Wildman–Crippen LogP) is 13.6. The van der Waals surface area contributed by atoms with E-state index in [0.29, 0.717) is 17.5 Å². The predicted molar refractivity (Wildman–Crippen MR) is 297 cm³/mol. The first kappa shape index (κ1) is 44.5. The van der Waals surface area contributed by atoms with Gasteiger partial charge < -0.3 is 4.57 Å². The maximum atomic E-state index is 5.40. The molecule has 0 aliphatic carbocycles. The standard InChI is InChI=1S/C65H56N4Si/c1-64(2,3)49-36-39-58-55(43-49)56-44-50(65(4,5)6)37-40-59(56)69(58)60-38-35-48(42-57(60)63-67-61(45-23-12-7-13-24-45)66-62(68-63)46-25-14-8-15-26-46)47-27-22-34-54(41-47)70(51-28-16-9-17-29-51,52-30-18-10-19-31-52)53-32-20-11-21-33-53/h7-44H,1-6H3. The molecule has 0 radical (unpaired) electrons.